The van der Waals surface area contributed by atoms with E-state index < -0.39 is 18.1 Å². The molecule has 4 aromatic rings. The maximum absolute atomic E-state index is 13.2. The Labute approximate surface area is 191 Å². The fourth-order valence-corrected chi connectivity index (χ4v) is 3.52. The Kier molecular flexibility index (Phi) is 6.61. The molecule has 3 aromatic carbocycles. The predicted octanol–water partition coefficient (Wildman–Crippen LogP) is 3.94. The Balaban J connectivity index is 1.65. The van der Waals surface area contributed by atoms with Crippen LogP contribution in [0.3, 0.4) is 0 Å². The Hall–Kier alpha value is -4.23. The zero-order chi connectivity index (χ0) is 23.2. The van der Waals surface area contributed by atoms with Gasteiger partial charge in [0.1, 0.15) is 11.9 Å². The Morgan fingerprint density at radius 1 is 0.939 bits per heavy atom. The number of nitrogens with two attached hydrogens (primary N) is 1. The molecule has 0 aliphatic heterocycles. The smallest absolute Gasteiger partial charge is 0.274 e. The van der Waals surface area contributed by atoms with Crippen LogP contribution in [0.1, 0.15) is 33.8 Å². The molecule has 0 saturated carbocycles. The molecule has 0 bridgehead atoms. The van der Waals surface area contributed by atoms with Crippen molar-refractivity contribution in [3.05, 3.63) is 108 Å². The zero-order valence-corrected chi connectivity index (χ0v) is 18.1. The van der Waals surface area contributed by atoms with E-state index in [2.05, 4.69) is 15.3 Å². The lowest BCUT2D eigenvalue weighted by atomic mass is 9.95. The van der Waals surface area contributed by atoms with Crippen LogP contribution in [0, 0.1) is 0 Å². The van der Waals surface area contributed by atoms with Crippen LogP contribution in [0.15, 0.2) is 91.1 Å². The van der Waals surface area contributed by atoms with Crippen molar-refractivity contribution in [3.8, 4) is 17.0 Å². The number of nitrogen functional groups attached to an aromatic ring is 1. The molecule has 0 aliphatic rings. The van der Waals surface area contributed by atoms with Gasteiger partial charge in [-0.2, -0.15) is 0 Å². The second-order valence-electron chi connectivity index (χ2n) is 7.43. The molecule has 4 rings (SSSR count). The number of nitrogens with zero attached hydrogens (tertiary/aromatic N) is 2. The van der Waals surface area contributed by atoms with Crippen LogP contribution in [0.2, 0.25) is 0 Å². The van der Waals surface area contributed by atoms with Gasteiger partial charge in [0.15, 0.2) is 11.5 Å². The molecule has 1 heterocycles. The summed E-state index contributed by atoms with van der Waals surface area (Å²) < 4.78 is 5.19. The number of methoxy groups -OCH3 is 1. The number of hydrogen-bond donors (Lipinski definition) is 3. The third-order valence-electron chi connectivity index (χ3n) is 5.30. The van der Waals surface area contributed by atoms with Crippen LogP contribution in [0.25, 0.3) is 11.3 Å². The molecule has 2 atom stereocenters. The molecular weight excluding hydrogens is 416 g/mol. The van der Waals surface area contributed by atoms with Gasteiger partial charge in [-0.1, -0.05) is 60.7 Å². The van der Waals surface area contributed by atoms with E-state index in [0.29, 0.717) is 17.0 Å². The normalized spacial score (nSPS) is 12.5. The summed E-state index contributed by atoms with van der Waals surface area (Å²) in [7, 11) is 1.59. The highest BCUT2D eigenvalue weighted by atomic mass is 16.5. The number of amides is 1. The highest BCUT2D eigenvalue weighted by Gasteiger charge is 2.26. The molecule has 7 nitrogen and oxygen atoms in total. The molecule has 166 valence electrons. The van der Waals surface area contributed by atoms with Crippen molar-refractivity contribution in [2.24, 2.45) is 0 Å². The van der Waals surface area contributed by atoms with Crippen molar-refractivity contribution < 1.29 is 14.6 Å². The first-order valence-electron chi connectivity index (χ1n) is 10.4. The quantitative estimate of drug-likeness (QED) is 0.402. The van der Waals surface area contributed by atoms with E-state index in [0.717, 1.165) is 11.1 Å². The summed E-state index contributed by atoms with van der Waals surface area (Å²) >= 11 is 0. The first kappa shape index (κ1) is 22.0. The average Bonchev–Trinajstić information content (AvgIpc) is 2.88. The second kappa shape index (κ2) is 9.93. The molecule has 1 aromatic heterocycles. The van der Waals surface area contributed by atoms with Crippen LogP contribution >= 0.6 is 0 Å². The fourth-order valence-electron chi connectivity index (χ4n) is 3.52. The minimum atomic E-state index is -0.975. The van der Waals surface area contributed by atoms with E-state index in [1.165, 1.54) is 6.20 Å². The number of aliphatic hydroxyl groups is 1. The second-order valence-corrected chi connectivity index (χ2v) is 7.43. The number of nitrogens with one attached hydrogen (secondary N) is 1. The lowest BCUT2D eigenvalue weighted by Gasteiger charge is -2.25. The van der Waals surface area contributed by atoms with Crippen LogP contribution in [0.5, 0.6) is 5.75 Å². The number of aliphatic hydroxyl groups excluding tert-OH is 1. The lowest BCUT2D eigenvalue weighted by molar-refractivity contribution is 0.0827. The van der Waals surface area contributed by atoms with Gasteiger partial charge in [-0.3, -0.25) is 4.79 Å². The van der Waals surface area contributed by atoms with Gasteiger partial charge in [0.05, 0.1) is 25.0 Å². The van der Waals surface area contributed by atoms with Crippen LogP contribution in [-0.4, -0.2) is 28.1 Å². The van der Waals surface area contributed by atoms with E-state index in [-0.39, 0.29) is 11.5 Å². The van der Waals surface area contributed by atoms with Gasteiger partial charge in [-0.25, -0.2) is 9.97 Å². The fraction of sp³-hybridized carbons (Fsp3) is 0.115. The average molecular weight is 441 g/mol. The summed E-state index contributed by atoms with van der Waals surface area (Å²) in [5.74, 6) is 0.186. The first-order valence-corrected chi connectivity index (χ1v) is 10.4. The molecule has 0 fully saturated rings. The topological polar surface area (TPSA) is 110 Å². The number of ether oxygens (including phenoxy) is 1. The summed E-state index contributed by atoms with van der Waals surface area (Å²) in [6.07, 6.45) is 0.540. The third kappa shape index (κ3) is 4.99. The molecule has 7 heteroatoms. The minimum absolute atomic E-state index is 0.00535. The maximum Gasteiger partial charge on any atom is 0.274 e. The van der Waals surface area contributed by atoms with Gasteiger partial charge < -0.3 is 20.9 Å². The van der Waals surface area contributed by atoms with E-state index in [1.807, 2.05) is 72.8 Å². The van der Waals surface area contributed by atoms with E-state index in [1.54, 1.807) is 19.2 Å². The summed E-state index contributed by atoms with van der Waals surface area (Å²) in [5.41, 5.74) is 8.68. The van der Waals surface area contributed by atoms with E-state index >= 15 is 0 Å². The number of carbonyl (C=O) groups excluding carboxylic acids is 1. The van der Waals surface area contributed by atoms with Crippen LogP contribution in [-0.2, 0) is 0 Å². The van der Waals surface area contributed by atoms with Gasteiger partial charge >= 0.3 is 0 Å². The largest absolute Gasteiger partial charge is 0.497 e. The van der Waals surface area contributed by atoms with Crippen molar-refractivity contribution >= 4 is 11.7 Å². The van der Waals surface area contributed by atoms with Gasteiger partial charge in [-0.05, 0) is 35.4 Å². The number of benzene rings is 3. The number of rotatable bonds is 7. The van der Waals surface area contributed by atoms with Crippen molar-refractivity contribution in [2.45, 2.75) is 12.1 Å². The summed E-state index contributed by atoms with van der Waals surface area (Å²) in [5, 5.41) is 14.0. The van der Waals surface area contributed by atoms with Crippen molar-refractivity contribution in [3.63, 3.8) is 0 Å². The molecule has 4 N–H and O–H groups in total. The number of aromatic nitrogens is 2. The monoisotopic (exact) mass is 440 g/mol. The SMILES string of the molecule is COc1ccc(-c2cnc(N)c(C(=O)N[C@H](c3ccccc3)[C@H](O)c3ccccc3)n2)cc1. The maximum atomic E-state index is 13.2. The van der Waals surface area contributed by atoms with Crippen molar-refractivity contribution in [2.75, 3.05) is 12.8 Å². The third-order valence-corrected chi connectivity index (χ3v) is 5.30. The van der Waals surface area contributed by atoms with Gasteiger partial charge in [0.25, 0.3) is 5.91 Å². The lowest BCUT2D eigenvalue weighted by Crippen LogP contribution is -2.34. The van der Waals surface area contributed by atoms with E-state index in [9.17, 15) is 9.90 Å². The Morgan fingerprint density at radius 2 is 1.55 bits per heavy atom. The molecule has 0 radical (unpaired) electrons. The molecule has 0 saturated heterocycles. The van der Waals surface area contributed by atoms with E-state index in [4.69, 9.17) is 10.5 Å². The molecular formula is C26H24N4O3. The summed E-state index contributed by atoms with van der Waals surface area (Å²) in [6.45, 7) is 0. The van der Waals surface area contributed by atoms with Gasteiger partial charge in [-0.15, -0.1) is 0 Å². The molecule has 0 aliphatic carbocycles. The highest BCUT2D eigenvalue weighted by molar-refractivity contribution is 5.97. The summed E-state index contributed by atoms with van der Waals surface area (Å²) in [6, 6.07) is 25.0. The zero-order valence-electron chi connectivity index (χ0n) is 18.1. The van der Waals surface area contributed by atoms with Crippen molar-refractivity contribution in [1.82, 2.24) is 15.3 Å². The Morgan fingerprint density at radius 3 is 2.15 bits per heavy atom. The Bertz CT molecular complexity index is 1220. The molecule has 0 spiro atoms. The summed E-state index contributed by atoms with van der Waals surface area (Å²) in [4.78, 5) is 21.9. The predicted molar refractivity (Wildman–Crippen MR) is 126 cm³/mol. The highest BCUT2D eigenvalue weighted by Crippen LogP contribution is 2.29. The molecule has 33 heavy (non-hydrogen) atoms. The first-order chi connectivity index (χ1) is 16.1. The minimum Gasteiger partial charge on any atom is -0.497 e. The van der Waals surface area contributed by atoms with Crippen LogP contribution < -0.4 is 15.8 Å². The van der Waals surface area contributed by atoms with Gasteiger partial charge in [0.2, 0.25) is 0 Å². The van der Waals surface area contributed by atoms with Gasteiger partial charge in [0, 0.05) is 5.56 Å². The van der Waals surface area contributed by atoms with Crippen LogP contribution in [0.4, 0.5) is 5.82 Å². The number of anilines is 1. The van der Waals surface area contributed by atoms with Crippen molar-refractivity contribution in [1.29, 1.82) is 0 Å². The molecule has 0 unspecified atom stereocenters. The molecule has 1 amide bonds. The number of hydrogen-bond acceptors (Lipinski definition) is 6. The number of carbonyl (C=O) groups is 1. The standard InChI is InChI=1S/C26H24N4O3/c1-33-20-14-12-17(13-15-20)21-16-28-25(27)23(29-21)26(32)30-22(18-8-4-2-5-9-18)24(31)19-10-6-3-7-11-19/h2-16,22,24,31H,1H3,(H2,27,28)(H,30,32)/t22-,24-/m1/s1.